The zero-order valence-corrected chi connectivity index (χ0v) is 12.5. The molecule has 0 radical (unpaired) electrons. The Morgan fingerprint density at radius 2 is 1.89 bits per heavy atom. The molecule has 0 aliphatic rings. The van der Waals surface area contributed by atoms with Crippen LogP contribution in [0, 0.1) is 5.92 Å². The number of ether oxygens (including phenoxy) is 1. The number of thioether (sulfide) groups is 1. The molecule has 5 nitrogen and oxygen atoms in total. The average Bonchev–Trinajstić information content (AvgIpc) is 2.25. The first-order valence-electron chi connectivity index (χ1n) is 6.30. The van der Waals surface area contributed by atoms with E-state index in [1.807, 2.05) is 20.8 Å². The molecule has 1 rings (SSSR count). The molecule has 1 aromatic rings. The lowest BCUT2D eigenvalue weighted by molar-refractivity contribution is 0.219. The molecule has 1 aromatic heterocycles. The van der Waals surface area contributed by atoms with Crippen molar-refractivity contribution in [3.05, 3.63) is 0 Å². The fraction of sp³-hybridized carbons (Fsp3) is 0.750. The molecule has 0 saturated carbocycles. The Kier molecular flexibility index (Phi) is 6.18. The van der Waals surface area contributed by atoms with E-state index < -0.39 is 0 Å². The van der Waals surface area contributed by atoms with Crippen LogP contribution < -0.4 is 10.1 Å². The highest BCUT2D eigenvalue weighted by molar-refractivity contribution is 7.99. The molecule has 1 N–H and O–H groups in total. The Labute approximate surface area is 113 Å². The largest absolute Gasteiger partial charge is 0.461 e. The Hall–Kier alpha value is -1.04. The topological polar surface area (TPSA) is 59.9 Å². The summed E-state index contributed by atoms with van der Waals surface area (Å²) in [5.74, 6) is 2.16. The first kappa shape index (κ1) is 15.0. The van der Waals surface area contributed by atoms with Crippen LogP contribution >= 0.6 is 11.8 Å². The fourth-order valence-corrected chi connectivity index (χ4v) is 1.92. The number of aromatic nitrogens is 3. The molecule has 0 spiro atoms. The van der Waals surface area contributed by atoms with Crippen LogP contribution in [-0.2, 0) is 0 Å². The van der Waals surface area contributed by atoms with E-state index in [0.29, 0.717) is 23.0 Å². The van der Waals surface area contributed by atoms with Gasteiger partial charge in [0.05, 0.1) is 6.10 Å². The first-order valence-corrected chi connectivity index (χ1v) is 7.29. The summed E-state index contributed by atoms with van der Waals surface area (Å²) in [4.78, 5) is 12.9. The highest BCUT2D eigenvalue weighted by Gasteiger charge is 2.09. The van der Waals surface area contributed by atoms with Crippen LogP contribution in [0.1, 0.15) is 34.6 Å². The first-order chi connectivity index (χ1) is 8.51. The van der Waals surface area contributed by atoms with Gasteiger partial charge >= 0.3 is 6.01 Å². The fourth-order valence-electron chi connectivity index (χ4n) is 1.14. The SMILES string of the molecule is CCNc1nc(OC(C)C)nc(SCC(C)C)n1. The van der Waals surface area contributed by atoms with E-state index in [1.54, 1.807) is 11.8 Å². The third-order valence-corrected chi connectivity index (χ3v) is 3.09. The normalized spacial score (nSPS) is 11.1. The molecule has 0 aromatic carbocycles. The van der Waals surface area contributed by atoms with Crippen molar-refractivity contribution in [1.29, 1.82) is 0 Å². The molecular weight excluding hydrogens is 248 g/mol. The Morgan fingerprint density at radius 1 is 1.17 bits per heavy atom. The summed E-state index contributed by atoms with van der Waals surface area (Å²) in [7, 11) is 0. The van der Waals surface area contributed by atoms with Crippen LogP contribution in [0.4, 0.5) is 5.95 Å². The van der Waals surface area contributed by atoms with Crippen molar-refractivity contribution in [2.24, 2.45) is 5.92 Å². The van der Waals surface area contributed by atoms with E-state index in [2.05, 4.69) is 34.1 Å². The number of rotatable bonds is 7. The van der Waals surface area contributed by atoms with Crippen LogP contribution in [0.5, 0.6) is 6.01 Å². The monoisotopic (exact) mass is 270 g/mol. The van der Waals surface area contributed by atoms with Crippen molar-refractivity contribution >= 4 is 17.7 Å². The molecular formula is C12H22N4OS. The van der Waals surface area contributed by atoms with Gasteiger partial charge in [0.15, 0.2) is 5.16 Å². The molecule has 0 bridgehead atoms. The lowest BCUT2D eigenvalue weighted by Gasteiger charge is -2.11. The molecule has 0 amide bonds. The zero-order valence-electron chi connectivity index (χ0n) is 11.7. The Morgan fingerprint density at radius 3 is 2.44 bits per heavy atom. The maximum absolute atomic E-state index is 5.53. The van der Waals surface area contributed by atoms with Gasteiger partial charge in [-0.25, -0.2) is 0 Å². The van der Waals surface area contributed by atoms with Gasteiger partial charge in [-0.15, -0.1) is 0 Å². The number of nitrogens with zero attached hydrogens (tertiary/aromatic N) is 3. The molecule has 0 fully saturated rings. The average molecular weight is 270 g/mol. The standard InChI is InChI=1S/C12H22N4OS/c1-6-13-10-14-11(17-9(4)5)16-12(15-10)18-7-8(2)3/h8-9H,6-7H2,1-5H3,(H,13,14,15,16). The molecule has 102 valence electrons. The molecule has 0 atom stereocenters. The lowest BCUT2D eigenvalue weighted by Crippen LogP contribution is -2.12. The second-order valence-corrected chi connectivity index (χ2v) is 5.61. The molecule has 0 unspecified atom stereocenters. The van der Waals surface area contributed by atoms with Crippen molar-refractivity contribution in [2.75, 3.05) is 17.6 Å². The molecule has 0 aliphatic heterocycles. The van der Waals surface area contributed by atoms with Gasteiger partial charge in [-0.2, -0.15) is 15.0 Å². The van der Waals surface area contributed by atoms with Crippen molar-refractivity contribution in [3.8, 4) is 6.01 Å². The molecule has 18 heavy (non-hydrogen) atoms. The predicted molar refractivity (Wildman–Crippen MR) is 75.3 cm³/mol. The third kappa shape index (κ3) is 5.53. The van der Waals surface area contributed by atoms with Gasteiger partial charge < -0.3 is 10.1 Å². The number of anilines is 1. The van der Waals surface area contributed by atoms with Gasteiger partial charge in [0, 0.05) is 12.3 Å². The number of hydrogen-bond donors (Lipinski definition) is 1. The second-order valence-electron chi connectivity index (χ2n) is 4.63. The summed E-state index contributed by atoms with van der Waals surface area (Å²) in [6.07, 6.45) is 0.0600. The molecule has 1 heterocycles. The zero-order chi connectivity index (χ0) is 13.5. The van der Waals surface area contributed by atoms with Gasteiger partial charge in [-0.1, -0.05) is 25.6 Å². The highest BCUT2D eigenvalue weighted by Crippen LogP contribution is 2.20. The quantitative estimate of drug-likeness (QED) is 0.769. The summed E-state index contributed by atoms with van der Waals surface area (Å²) >= 11 is 1.63. The van der Waals surface area contributed by atoms with Crippen molar-refractivity contribution in [1.82, 2.24) is 15.0 Å². The third-order valence-electron chi connectivity index (χ3n) is 1.82. The Balaban J connectivity index is 2.83. The summed E-state index contributed by atoms with van der Waals surface area (Å²) in [5, 5.41) is 3.81. The van der Waals surface area contributed by atoms with Crippen molar-refractivity contribution in [3.63, 3.8) is 0 Å². The van der Waals surface area contributed by atoms with Gasteiger partial charge in [0.1, 0.15) is 0 Å². The van der Waals surface area contributed by atoms with Gasteiger partial charge in [-0.3, -0.25) is 0 Å². The van der Waals surface area contributed by atoms with E-state index >= 15 is 0 Å². The molecule has 6 heteroatoms. The van der Waals surface area contributed by atoms with Gasteiger partial charge in [-0.05, 0) is 26.7 Å². The summed E-state index contributed by atoms with van der Waals surface area (Å²) in [6.45, 7) is 11.0. The summed E-state index contributed by atoms with van der Waals surface area (Å²) < 4.78 is 5.53. The van der Waals surface area contributed by atoms with E-state index in [4.69, 9.17) is 4.74 Å². The highest BCUT2D eigenvalue weighted by atomic mass is 32.2. The maximum Gasteiger partial charge on any atom is 0.322 e. The number of nitrogens with one attached hydrogen (secondary N) is 1. The summed E-state index contributed by atoms with van der Waals surface area (Å²) in [5.41, 5.74) is 0. The van der Waals surface area contributed by atoms with E-state index in [1.165, 1.54) is 0 Å². The minimum Gasteiger partial charge on any atom is -0.461 e. The Bertz CT molecular complexity index is 371. The van der Waals surface area contributed by atoms with Gasteiger partial charge in [0.25, 0.3) is 0 Å². The van der Waals surface area contributed by atoms with Crippen LogP contribution in [0.25, 0.3) is 0 Å². The minimum absolute atomic E-state index is 0.0600. The van der Waals surface area contributed by atoms with Gasteiger partial charge in [0.2, 0.25) is 5.95 Å². The molecule has 0 aliphatic carbocycles. The lowest BCUT2D eigenvalue weighted by atomic mass is 10.3. The minimum atomic E-state index is 0.0600. The number of hydrogen-bond acceptors (Lipinski definition) is 6. The predicted octanol–water partition coefficient (Wildman–Crippen LogP) is 2.84. The van der Waals surface area contributed by atoms with E-state index in [-0.39, 0.29) is 6.10 Å². The van der Waals surface area contributed by atoms with Crippen LogP contribution in [-0.4, -0.2) is 33.4 Å². The van der Waals surface area contributed by atoms with Crippen molar-refractivity contribution < 1.29 is 4.74 Å². The maximum atomic E-state index is 5.53. The smallest absolute Gasteiger partial charge is 0.322 e. The van der Waals surface area contributed by atoms with Crippen LogP contribution in [0.3, 0.4) is 0 Å². The van der Waals surface area contributed by atoms with Crippen LogP contribution in [0.15, 0.2) is 5.16 Å². The summed E-state index contributed by atoms with van der Waals surface area (Å²) in [6, 6.07) is 0.391. The molecule has 0 saturated heterocycles. The van der Waals surface area contributed by atoms with E-state index in [9.17, 15) is 0 Å². The van der Waals surface area contributed by atoms with E-state index in [0.717, 1.165) is 12.3 Å². The van der Waals surface area contributed by atoms with Crippen LogP contribution in [0.2, 0.25) is 0 Å². The van der Waals surface area contributed by atoms with Crippen molar-refractivity contribution in [2.45, 2.75) is 45.9 Å². The second kappa shape index (κ2) is 7.41.